The van der Waals surface area contributed by atoms with Gasteiger partial charge in [0.1, 0.15) is 5.75 Å². The Morgan fingerprint density at radius 1 is 1.56 bits per heavy atom. The summed E-state index contributed by atoms with van der Waals surface area (Å²) in [6.45, 7) is 1.80. The van der Waals surface area contributed by atoms with Crippen molar-refractivity contribution in [2.75, 3.05) is 13.7 Å². The summed E-state index contributed by atoms with van der Waals surface area (Å²) >= 11 is 5.80. The number of halogens is 1. The van der Waals surface area contributed by atoms with Crippen LogP contribution in [0, 0.1) is 6.92 Å². The van der Waals surface area contributed by atoms with Gasteiger partial charge in [0, 0.05) is 12.1 Å². The van der Waals surface area contributed by atoms with Gasteiger partial charge in [0.15, 0.2) is 0 Å². The third kappa shape index (κ3) is 3.40. The number of rotatable bonds is 5. The number of methoxy groups -OCH3 is 1. The second-order valence-corrected chi connectivity index (χ2v) is 3.75. The van der Waals surface area contributed by atoms with Crippen LogP contribution in [0.5, 0.6) is 5.75 Å². The number of carboxylic acid groups (broad SMARTS) is 1. The van der Waals surface area contributed by atoms with E-state index in [1.165, 1.54) is 7.11 Å². The molecule has 0 heterocycles. The third-order valence-electron chi connectivity index (χ3n) is 2.01. The SMILES string of the molecule is COCC(Oc1cc(Cl)ccc1C)C(=O)O. The molecule has 88 valence electrons. The molecule has 0 aromatic heterocycles. The minimum atomic E-state index is -1.07. The Morgan fingerprint density at radius 3 is 2.81 bits per heavy atom. The Morgan fingerprint density at radius 2 is 2.25 bits per heavy atom. The van der Waals surface area contributed by atoms with Crippen LogP contribution in [0.1, 0.15) is 5.56 Å². The van der Waals surface area contributed by atoms with Gasteiger partial charge in [0.2, 0.25) is 6.10 Å². The van der Waals surface area contributed by atoms with Crippen molar-refractivity contribution in [3.05, 3.63) is 28.8 Å². The zero-order chi connectivity index (χ0) is 12.1. The summed E-state index contributed by atoms with van der Waals surface area (Å²) in [4.78, 5) is 10.9. The van der Waals surface area contributed by atoms with Crippen molar-refractivity contribution in [3.63, 3.8) is 0 Å². The van der Waals surface area contributed by atoms with Crippen molar-refractivity contribution in [1.82, 2.24) is 0 Å². The number of hydrogen-bond acceptors (Lipinski definition) is 3. The summed E-state index contributed by atoms with van der Waals surface area (Å²) in [6, 6.07) is 5.07. The smallest absolute Gasteiger partial charge is 0.347 e. The van der Waals surface area contributed by atoms with Gasteiger partial charge < -0.3 is 14.6 Å². The number of aryl methyl sites for hydroxylation is 1. The average molecular weight is 245 g/mol. The lowest BCUT2D eigenvalue weighted by Gasteiger charge is -2.15. The van der Waals surface area contributed by atoms with E-state index in [9.17, 15) is 4.79 Å². The van der Waals surface area contributed by atoms with Crippen LogP contribution in [0.25, 0.3) is 0 Å². The van der Waals surface area contributed by atoms with Gasteiger partial charge in [-0.3, -0.25) is 0 Å². The summed E-state index contributed by atoms with van der Waals surface area (Å²) in [5.74, 6) is -0.613. The molecule has 0 radical (unpaired) electrons. The Kier molecular flexibility index (Phi) is 4.58. The number of carbonyl (C=O) groups is 1. The van der Waals surface area contributed by atoms with Crippen LogP contribution in [-0.4, -0.2) is 30.9 Å². The molecule has 0 aliphatic heterocycles. The van der Waals surface area contributed by atoms with Gasteiger partial charge in [-0.2, -0.15) is 0 Å². The molecular formula is C11H13ClO4. The molecule has 1 rings (SSSR count). The maximum absolute atomic E-state index is 10.9. The highest BCUT2D eigenvalue weighted by Crippen LogP contribution is 2.23. The molecule has 0 spiro atoms. The molecule has 1 N–H and O–H groups in total. The van der Waals surface area contributed by atoms with Crippen LogP contribution < -0.4 is 4.74 Å². The van der Waals surface area contributed by atoms with Crippen molar-refractivity contribution in [2.45, 2.75) is 13.0 Å². The number of aliphatic carboxylic acids is 1. The maximum atomic E-state index is 10.9. The first-order valence-corrected chi connectivity index (χ1v) is 5.07. The predicted octanol–water partition coefficient (Wildman–Crippen LogP) is 2.13. The largest absolute Gasteiger partial charge is 0.478 e. The molecular weight excluding hydrogens is 232 g/mol. The first-order chi connectivity index (χ1) is 7.54. The number of benzene rings is 1. The maximum Gasteiger partial charge on any atom is 0.347 e. The molecule has 0 fully saturated rings. The lowest BCUT2D eigenvalue weighted by molar-refractivity contribution is -0.147. The molecule has 1 aromatic carbocycles. The average Bonchev–Trinajstić information content (AvgIpc) is 2.22. The van der Waals surface area contributed by atoms with E-state index in [0.29, 0.717) is 10.8 Å². The molecule has 1 aromatic rings. The van der Waals surface area contributed by atoms with E-state index >= 15 is 0 Å². The Balaban J connectivity index is 2.84. The van der Waals surface area contributed by atoms with Crippen LogP contribution in [0.2, 0.25) is 5.02 Å². The standard InChI is InChI=1S/C11H13ClO4/c1-7-3-4-8(12)5-9(7)16-10(6-15-2)11(13)14/h3-5,10H,6H2,1-2H3,(H,13,14). The second kappa shape index (κ2) is 5.72. The second-order valence-electron chi connectivity index (χ2n) is 3.31. The fourth-order valence-corrected chi connectivity index (χ4v) is 1.32. The third-order valence-corrected chi connectivity index (χ3v) is 2.25. The van der Waals surface area contributed by atoms with Gasteiger partial charge >= 0.3 is 5.97 Å². The summed E-state index contributed by atoms with van der Waals surface area (Å²) in [5.41, 5.74) is 0.826. The van der Waals surface area contributed by atoms with Gasteiger partial charge in [-0.25, -0.2) is 4.79 Å². The lowest BCUT2D eigenvalue weighted by Crippen LogP contribution is -2.31. The van der Waals surface area contributed by atoms with Crippen LogP contribution in [0.4, 0.5) is 0 Å². The van der Waals surface area contributed by atoms with Crippen molar-refractivity contribution >= 4 is 17.6 Å². The van der Waals surface area contributed by atoms with Gasteiger partial charge in [0.25, 0.3) is 0 Å². The minimum absolute atomic E-state index is 0.0126. The molecule has 0 aliphatic carbocycles. The zero-order valence-electron chi connectivity index (χ0n) is 9.07. The molecule has 0 amide bonds. The van der Waals surface area contributed by atoms with Crippen LogP contribution >= 0.6 is 11.6 Å². The Bertz CT molecular complexity index is 378. The highest BCUT2D eigenvalue weighted by atomic mass is 35.5. The molecule has 16 heavy (non-hydrogen) atoms. The molecule has 1 atom stereocenters. The monoisotopic (exact) mass is 244 g/mol. The van der Waals surface area contributed by atoms with E-state index in [-0.39, 0.29) is 6.61 Å². The lowest BCUT2D eigenvalue weighted by atomic mass is 10.2. The van der Waals surface area contributed by atoms with Gasteiger partial charge in [0.05, 0.1) is 6.61 Å². The Labute approximate surface area is 98.7 Å². The zero-order valence-corrected chi connectivity index (χ0v) is 9.82. The fraction of sp³-hybridized carbons (Fsp3) is 0.364. The fourth-order valence-electron chi connectivity index (χ4n) is 1.16. The highest BCUT2D eigenvalue weighted by molar-refractivity contribution is 6.30. The predicted molar refractivity (Wildman–Crippen MR) is 60.1 cm³/mol. The van der Waals surface area contributed by atoms with Gasteiger partial charge in [-0.1, -0.05) is 17.7 Å². The normalized spacial score (nSPS) is 12.2. The van der Waals surface area contributed by atoms with Crippen molar-refractivity contribution < 1.29 is 19.4 Å². The molecule has 5 heteroatoms. The molecule has 0 saturated carbocycles. The highest BCUT2D eigenvalue weighted by Gasteiger charge is 2.19. The summed E-state index contributed by atoms with van der Waals surface area (Å²) in [6.07, 6.45) is -1.03. The molecule has 1 unspecified atom stereocenters. The molecule has 0 saturated heterocycles. The Hall–Kier alpha value is -1.26. The quantitative estimate of drug-likeness (QED) is 0.862. The van der Waals surface area contributed by atoms with Crippen LogP contribution in [0.3, 0.4) is 0 Å². The summed E-state index contributed by atoms with van der Waals surface area (Å²) in [7, 11) is 1.42. The first-order valence-electron chi connectivity index (χ1n) is 4.69. The van der Waals surface area contributed by atoms with Crippen molar-refractivity contribution in [2.24, 2.45) is 0 Å². The number of carboxylic acids is 1. The molecule has 0 aliphatic rings. The van der Waals surface area contributed by atoms with Crippen LogP contribution in [0.15, 0.2) is 18.2 Å². The van der Waals surface area contributed by atoms with E-state index in [1.807, 2.05) is 6.92 Å². The van der Waals surface area contributed by atoms with E-state index in [1.54, 1.807) is 18.2 Å². The minimum Gasteiger partial charge on any atom is -0.478 e. The van der Waals surface area contributed by atoms with Gasteiger partial charge in [-0.05, 0) is 24.6 Å². The molecule has 0 bridgehead atoms. The van der Waals surface area contributed by atoms with Crippen molar-refractivity contribution in [1.29, 1.82) is 0 Å². The first kappa shape index (κ1) is 12.8. The van der Waals surface area contributed by atoms with E-state index < -0.39 is 12.1 Å². The van der Waals surface area contributed by atoms with Gasteiger partial charge in [-0.15, -0.1) is 0 Å². The van der Waals surface area contributed by atoms with Crippen molar-refractivity contribution in [3.8, 4) is 5.75 Å². The molecule has 4 nitrogen and oxygen atoms in total. The van der Waals surface area contributed by atoms with E-state index in [4.69, 9.17) is 26.2 Å². The topological polar surface area (TPSA) is 55.8 Å². The number of hydrogen-bond donors (Lipinski definition) is 1. The summed E-state index contributed by atoms with van der Waals surface area (Å²) in [5, 5.41) is 9.39. The number of ether oxygens (including phenoxy) is 2. The van der Waals surface area contributed by atoms with E-state index in [2.05, 4.69) is 0 Å². The van der Waals surface area contributed by atoms with Crippen LogP contribution in [-0.2, 0) is 9.53 Å². The van der Waals surface area contributed by atoms with E-state index in [0.717, 1.165) is 5.56 Å². The summed E-state index contributed by atoms with van der Waals surface area (Å²) < 4.78 is 10.1.